The SMILES string of the molecule is Cc1ncccc1CNC1CCCC1C. The maximum absolute atomic E-state index is 4.30. The minimum Gasteiger partial charge on any atom is -0.310 e. The molecule has 1 aromatic heterocycles. The van der Waals surface area contributed by atoms with Crippen molar-refractivity contribution in [3.8, 4) is 0 Å². The second kappa shape index (κ2) is 4.75. The van der Waals surface area contributed by atoms with Crippen LogP contribution in [-0.4, -0.2) is 11.0 Å². The van der Waals surface area contributed by atoms with E-state index in [1.165, 1.54) is 24.8 Å². The van der Waals surface area contributed by atoms with Gasteiger partial charge in [-0.1, -0.05) is 19.4 Å². The topological polar surface area (TPSA) is 24.9 Å². The maximum Gasteiger partial charge on any atom is 0.0417 e. The van der Waals surface area contributed by atoms with Crippen LogP contribution in [0.15, 0.2) is 18.3 Å². The van der Waals surface area contributed by atoms with E-state index in [2.05, 4.69) is 30.2 Å². The van der Waals surface area contributed by atoms with E-state index in [-0.39, 0.29) is 0 Å². The molecule has 15 heavy (non-hydrogen) atoms. The summed E-state index contributed by atoms with van der Waals surface area (Å²) in [4.78, 5) is 4.30. The number of nitrogens with zero attached hydrogens (tertiary/aromatic N) is 1. The van der Waals surface area contributed by atoms with Crippen LogP contribution in [0, 0.1) is 12.8 Å². The summed E-state index contributed by atoms with van der Waals surface area (Å²) in [7, 11) is 0. The zero-order chi connectivity index (χ0) is 10.7. The lowest BCUT2D eigenvalue weighted by molar-refractivity contribution is 0.425. The van der Waals surface area contributed by atoms with Gasteiger partial charge in [-0.05, 0) is 37.3 Å². The fraction of sp³-hybridized carbons (Fsp3) is 0.615. The summed E-state index contributed by atoms with van der Waals surface area (Å²) in [5.74, 6) is 0.835. The van der Waals surface area contributed by atoms with Crippen LogP contribution in [0.1, 0.15) is 37.4 Å². The molecule has 2 atom stereocenters. The van der Waals surface area contributed by atoms with Gasteiger partial charge in [0.25, 0.3) is 0 Å². The van der Waals surface area contributed by atoms with E-state index in [0.29, 0.717) is 6.04 Å². The molecule has 0 amide bonds. The molecular weight excluding hydrogens is 184 g/mol. The second-order valence-electron chi connectivity index (χ2n) is 4.64. The molecule has 1 heterocycles. The van der Waals surface area contributed by atoms with Gasteiger partial charge < -0.3 is 5.32 Å². The molecule has 2 nitrogen and oxygen atoms in total. The van der Waals surface area contributed by atoms with Gasteiger partial charge in [0.05, 0.1) is 0 Å². The number of aryl methyl sites for hydroxylation is 1. The van der Waals surface area contributed by atoms with Crippen molar-refractivity contribution in [2.75, 3.05) is 0 Å². The third-order valence-corrected chi connectivity index (χ3v) is 3.53. The van der Waals surface area contributed by atoms with Crippen molar-refractivity contribution in [3.05, 3.63) is 29.6 Å². The van der Waals surface area contributed by atoms with Crippen molar-refractivity contribution in [1.29, 1.82) is 0 Å². The second-order valence-corrected chi connectivity index (χ2v) is 4.64. The minimum absolute atomic E-state index is 0.713. The van der Waals surface area contributed by atoms with Crippen LogP contribution < -0.4 is 5.32 Å². The quantitative estimate of drug-likeness (QED) is 0.818. The summed E-state index contributed by atoms with van der Waals surface area (Å²) in [5, 5.41) is 3.65. The molecule has 0 spiro atoms. The number of rotatable bonds is 3. The fourth-order valence-corrected chi connectivity index (χ4v) is 2.39. The molecule has 1 N–H and O–H groups in total. The van der Waals surface area contributed by atoms with E-state index in [0.717, 1.165) is 18.2 Å². The van der Waals surface area contributed by atoms with E-state index in [1.807, 2.05) is 12.3 Å². The summed E-state index contributed by atoms with van der Waals surface area (Å²) >= 11 is 0. The zero-order valence-corrected chi connectivity index (χ0v) is 9.66. The van der Waals surface area contributed by atoms with Crippen LogP contribution in [0.25, 0.3) is 0 Å². The molecule has 1 saturated carbocycles. The van der Waals surface area contributed by atoms with E-state index < -0.39 is 0 Å². The van der Waals surface area contributed by atoms with E-state index >= 15 is 0 Å². The first kappa shape index (κ1) is 10.6. The molecule has 0 aromatic carbocycles. The maximum atomic E-state index is 4.30. The van der Waals surface area contributed by atoms with E-state index in [1.54, 1.807) is 0 Å². The Labute approximate surface area is 92.1 Å². The molecule has 2 heteroatoms. The van der Waals surface area contributed by atoms with Crippen molar-refractivity contribution >= 4 is 0 Å². The highest BCUT2D eigenvalue weighted by Crippen LogP contribution is 2.25. The van der Waals surface area contributed by atoms with Gasteiger partial charge in [-0.15, -0.1) is 0 Å². The van der Waals surface area contributed by atoms with Crippen molar-refractivity contribution in [2.45, 2.75) is 45.7 Å². The molecule has 2 unspecified atom stereocenters. The normalized spacial score (nSPS) is 25.7. The molecule has 2 rings (SSSR count). The summed E-state index contributed by atoms with van der Waals surface area (Å²) < 4.78 is 0. The lowest BCUT2D eigenvalue weighted by atomic mass is 10.1. The predicted molar refractivity (Wildman–Crippen MR) is 62.6 cm³/mol. The molecular formula is C13H20N2. The predicted octanol–water partition coefficient (Wildman–Crippen LogP) is 2.67. The van der Waals surface area contributed by atoms with Crippen LogP contribution in [-0.2, 0) is 6.54 Å². The Morgan fingerprint density at radius 3 is 3.00 bits per heavy atom. The van der Waals surface area contributed by atoms with E-state index in [4.69, 9.17) is 0 Å². The lowest BCUT2D eigenvalue weighted by Gasteiger charge is -2.17. The monoisotopic (exact) mass is 204 g/mol. The van der Waals surface area contributed by atoms with Gasteiger partial charge >= 0.3 is 0 Å². The van der Waals surface area contributed by atoms with Crippen LogP contribution in [0.3, 0.4) is 0 Å². The number of nitrogens with one attached hydrogen (secondary N) is 1. The molecule has 1 aliphatic rings. The first-order chi connectivity index (χ1) is 7.27. The first-order valence-electron chi connectivity index (χ1n) is 5.91. The van der Waals surface area contributed by atoms with Gasteiger partial charge in [-0.2, -0.15) is 0 Å². The van der Waals surface area contributed by atoms with Gasteiger partial charge in [-0.25, -0.2) is 0 Å². The van der Waals surface area contributed by atoms with Crippen LogP contribution in [0.4, 0.5) is 0 Å². The number of pyridine rings is 1. The summed E-state index contributed by atoms with van der Waals surface area (Å²) in [6.45, 7) is 5.39. The Balaban J connectivity index is 1.90. The highest BCUT2D eigenvalue weighted by molar-refractivity contribution is 5.18. The zero-order valence-electron chi connectivity index (χ0n) is 9.66. The highest BCUT2D eigenvalue weighted by Gasteiger charge is 2.22. The standard InChI is InChI=1S/C13H20N2/c1-10-5-3-7-13(10)15-9-12-6-4-8-14-11(12)2/h4,6,8,10,13,15H,3,5,7,9H2,1-2H3. The molecule has 1 fully saturated rings. The Bertz CT molecular complexity index is 322. The highest BCUT2D eigenvalue weighted by atomic mass is 14.9. The number of hydrogen-bond acceptors (Lipinski definition) is 2. The van der Waals surface area contributed by atoms with Gasteiger partial charge in [0.1, 0.15) is 0 Å². The smallest absolute Gasteiger partial charge is 0.0417 e. The Morgan fingerprint density at radius 1 is 1.47 bits per heavy atom. The molecule has 1 aliphatic carbocycles. The Kier molecular flexibility index (Phi) is 3.37. The Morgan fingerprint density at radius 2 is 2.33 bits per heavy atom. The molecule has 0 saturated heterocycles. The van der Waals surface area contributed by atoms with Crippen molar-refractivity contribution in [1.82, 2.24) is 10.3 Å². The molecule has 1 aromatic rings. The number of hydrogen-bond donors (Lipinski definition) is 1. The fourth-order valence-electron chi connectivity index (χ4n) is 2.39. The first-order valence-corrected chi connectivity index (χ1v) is 5.91. The lowest BCUT2D eigenvalue weighted by Crippen LogP contribution is -2.30. The summed E-state index contributed by atoms with van der Waals surface area (Å²) in [6.07, 6.45) is 5.95. The third-order valence-electron chi connectivity index (χ3n) is 3.53. The van der Waals surface area contributed by atoms with Gasteiger partial charge in [0.15, 0.2) is 0 Å². The molecule has 0 bridgehead atoms. The number of aromatic nitrogens is 1. The van der Waals surface area contributed by atoms with Crippen LogP contribution >= 0.6 is 0 Å². The minimum atomic E-state index is 0.713. The van der Waals surface area contributed by atoms with Crippen molar-refractivity contribution in [3.63, 3.8) is 0 Å². The van der Waals surface area contributed by atoms with Crippen molar-refractivity contribution < 1.29 is 0 Å². The van der Waals surface area contributed by atoms with Crippen LogP contribution in [0.2, 0.25) is 0 Å². The molecule has 0 radical (unpaired) electrons. The average molecular weight is 204 g/mol. The molecule has 82 valence electrons. The largest absolute Gasteiger partial charge is 0.310 e. The summed E-state index contributed by atoms with van der Waals surface area (Å²) in [5.41, 5.74) is 2.48. The van der Waals surface area contributed by atoms with Gasteiger partial charge in [-0.3, -0.25) is 4.98 Å². The summed E-state index contributed by atoms with van der Waals surface area (Å²) in [6, 6.07) is 4.89. The van der Waals surface area contributed by atoms with Crippen molar-refractivity contribution in [2.24, 2.45) is 5.92 Å². The van der Waals surface area contributed by atoms with Gasteiger partial charge in [0.2, 0.25) is 0 Å². The Hall–Kier alpha value is -0.890. The molecule has 0 aliphatic heterocycles. The van der Waals surface area contributed by atoms with E-state index in [9.17, 15) is 0 Å². The third kappa shape index (κ3) is 2.57. The van der Waals surface area contributed by atoms with Gasteiger partial charge in [0, 0.05) is 24.5 Å². The van der Waals surface area contributed by atoms with Crippen LogP contribution in [0.5, 0.6) is 0 Å². The average Bonchev–Trinajstić information content (AvgIpc) is 2.63.